The first-order valence-electron chi connectivity index (χ1n) is 9.90. The summed E-state index contributed by atoms with van der Waals surface area (Å²) >= 11 is 0. The number of fused-ring (bicyclic) bond motifs is 1. The molecule has 8 N–H and O–H groups in total. The summed E-state index contributed by atoms with van der Waals surface area (Å²) in [4.78, 5) is 31.6. The number of hydrogen-bond donors (Lipinski definition) is 8. The lowest BCUT2D eigenvalue weighted by Crippen LogP contribution is -2.50. The molecule has 1 aliphatic heterocycles. The molecule has 1 fully saturated rings. The van der Waals surface area contributed by atoms with Crippen molar-refractivity contribution in [2.45, 2.75) is 36.9 Å². The Kier molecular flexibility index (Phi) is 7.38. The lowest BCUT2D eigenvalue weighted by molar-refractivity contribution is -0.114. The first-order chi connectivity index (χ1) is 15.1. The molecule has 2 aromatic rings. The SMILES string of the molecule is O=C(O)c1c[nH]c2nc(N3CCC(NC[C@@H](O)[C@@H](O)[C@H](O)[C@H](O)CO)C3)c(F)cc2c1=O. The number of nitrogens with one attached hydrogen (secondary N) is 2. The van der Waals surface area contributed by atoms with Crippen LogP contribution in [0.2, 0.25) is 0 Å². The number of nitrogens with zero attached hydrogens (tertiary/aromatic N) is 2. The van der Waals surface area contributed by atoms with Gasteiger partial charge in [0, 0.05) is 31.9 Å². The Morgan fingerprint density at radius 2 is 1.97 bits per heavy atom. The zero-order chi connectivity index (χ0) is 23.6. The summed E-state index contributed by atoms with van der Waals surface area (Å²) in [7, 11) is 0. The van der Waals surface area contributed by atoms with Gasteiger partial charge in [0.2, 0.25) is 5.43 Å². The van der Waals surface area contributed by atoms with Gasteiger partial charge in [-0.25, -0.2) is 14.2 Å². The van der Waals surface area contributed by atoms with E-state index < -0.39 is 53.8 Å². The van der Waals surface area contributed by atoms with Crippen molar-refractivity contribution in [3.8, 4) is 0 Å². The van der Waals surface area contributed by atoms with E-state index in [2.05, 4.69) is 15.3 Å². The predicted octanol–water partition coefficient (Wildman–Crippen LogP) is -2.64. The molecule has 3 heterocycles. The number of halogens is 1. The van der Waals surface area contributed by atoms with Crippen molar-refractivity contribution < 1.29 is 39.8 Å². The van der Waals surface area contributed by atoms with Gasteiger partial charge in [-0.15, -0.1) is 0 Å². The van der Waals surface area contributed by atoms with Crippen LogP contribution in [0.1, 0.15) is 16.8 Å². The highest BCUT2D eigenvalue weighted by Crippen LogP contribution is 2.24. The van der Waals surface area contributed by atoms with Crippen LogP contribution in [0.4, 0.5) is 10.2 Å². The van der Waals surface area contributed by atoms with E-state index in [1.54, 1.807) is 4.90 Å². The number of aromatic carboxylic acids is 1. The normalized spacial score (nSPS) is 20.3. The van der Waals surface area contributed by atoms with Gasteiger partial charge >= 0.3 is 5.97 Å². The summed E-state index contributed by atoms with van der Waals surface area (Å²) in [5.41, 5.74) is -1.32. The van der Waals surface area contributed by atoms with Crippen LogP contribution in [0.3, 0.4) is 0 Å². The number of hydrogen-bond acceptors (Lipinski definition) is 10. The van der Waals surface area contributed by atoms with Crippen LogP contribution in [0.25, 0.3) is 11.0 Å². The highest BCUT2D eigenvalue weighted by Gasteiger charge is 2.32. The molecule has 0 amide bonds. The lowest BCUT2D eigenvalue weighted by atomic mass is 10.0. The van der Waals surface area contributed by atoms with Gasteiger partial charge in [0.05, 0.1) is 18.1 Å². The van der Waals surface area contributed by atoms with Gasteiger partial charge in [0.15, 0.2) is 11.6 Å². The molecule has 0 aromatic carbocycles. The molecule has 1 saturated heterocycles. The average molecular weight is 456 g/mol. The number of carboxylic acid groups (broad SMARTS) is 1. The molecule has 12 nitrogen and oxygen atoms in total. The number of carbonyl (C=O) groups is 1. The molecule has 1 unspecified atom stereocenters. The van der Waals surface area contributed by atoms with E-state index in [1.807, 2.05) is 0 Å². The summed E-state index contributed by atoms with van der Waals surface area (Å²) in [6.07, 6.45) is -4.89. The van der Waals surface area contributed by atoms with Gasteiger partial charge in [-0.3, -0.25) is 4.79 Å². The molecule has 0 saturated carbocycles. The Morgan fingerprint density at radius 3 is 2.62 bits per heavy atom. The Morgan fingerprint density at radius 1 is 1.28 bits per heavy atom. The van der Waals surface area contributed by atoms with E-state index in [9.17, 15) is 34.4 Å². The number of aliphatic hydroxyl groups is 5. The minimum absolute atomic E-state index is 0.0254. The molecule has 176 valence electrons. The zero-order valence-electron chi connectivity index (χ0n) is 16.8. The topological polar surface area (TPSA) is 199 Å². The van der Waals surface area contributed by atoms with Crippen molar-refractivity contribution in [1.82, 2.24) is 15.3 Å². The van der Waals surface area contributed by atoms with Crippen molar-refractivity contribution >= 4 is 22.8 Å². The molecule has 13 heteroatoms. The Balaban J connectivity index is 1.66. The van der Waals surface area contributed by atoms with Crippen LogP contribution in [0, 0.1) is 5.82 Å². The van der Waals surface area contributed by atoms with E-state index >= 15 is 0 Å². The first kappa shape index (κ1) is 24.0. The minimum atomic E-state index is -1.73. The standard InChI is InChI=1S/C19H25FN4O8/c20-11-3-9-14(28)10(19(31)32)4-22-17(9)23-18(11)24-2-1-8(6-24)21-5-12(26)15(29)16(30)13(27)7-25/h3-4,8,12-13,15-16,21,25-27,29-30H,1-2,5-7H2,(H,31,32)(H,22,23,28)/t8?,12-,13-,15-,16-/m1/s1. The van der Waals surface area contributed by atoms with Crippen molar-refractivity contribution in [3.05, 3.63) is 33.9 Å². The van der Waals surface area contributed by atoms with Crippen molar-refractivity contribution in [2.75, 3.05) is 31.1 Å². The minimum Gasteiger partial charge on any atom is -0.477 e. The quantitative estimate of drug-likeness (QED) is 0.196. The molecule has 0 aliphatic carbocycles. The smallest absolute Gasteiger partial charge is 0.341 e. The van der Waals surface area contributed by atoms with Crippen LogP contribution < -0.4 is 15.6 Å². The average Bonchev–Trinajstić information content (AvgIpc) is 3.24. The molecule has 1 aliphatic rings. The third-order valence-corrected chi connectivity index (χ3v) is 5.46. The summed E-state index contributed by atoms with van der Waals surface area (Å²) in [6.45, 7) is -0.219. The van der Waals surface area contributed by atoms with Crippen molar-refractivity contribution in [2.24, 2.45) is 0 Å². The van der Waals surface area contributed by atoms with Gasteiger partial charge in [-0.2, -0.15) is 0 Å². The van der Waals surface area contributed by atoms with Gasteiger partial charge in [0.25, 0.3) is 0 Å². The van der Waals surface area contributed by atoms with E-state index in [0.29, 0.717) is 13.0 Å². The highest BCUT2D eigenvalue weighted by molar-refractivity contribution is 5.91. The molecule has 0 radical (unpaired) electrons. The largest absolute Gasteiger partial charge is 0.477 e. The van der Waals surface area contributed by atoms with Gasteiger partial charge in [-0.05, 0) is 12.5 Å². The van der Waals surface area contributed by atoms with Gasteiger partial charge in [0.1, 0.15) is 29.5 Å². The summed E-state index contributed by atoms with van der Waals surface area (Å²) in [5, 5.41) is 59.5. The number of aliphatic hydroxyl groups excluding tert-OH is 5. The van der Waals surface area contributed by atoms with E-state index in [-0.39, 0.29) is 36.0 Å². The first-order valence-corrected chi connectivity index (χ1v) is 9.90. The number of carboxylic acids is 1. The Labute approximate surface area is 180 Å². The number of anilines is 1. The summed E-state index contributed by atoms with van der Waals surface area (Å²) in [6, 6.07) is 0.722. The molecule has 5 atom stereocenters. The number of aromatic nitrogens is 2. The lowest BCUT2D eigenvalue weighted by Gasteiger charge is -2.26. The molecule has 3 rings (SSSR count). The van der Waals surface area contributed by atoms with Crippen LogP contribution in [-0.2, 0) is 0 Å². The molecule has 0 spiro atoms. The second kappa shape index (κ2) is 9.85. The number of rotatable bonds is 9. The van der Waals surface area contributed by atoms with E-state index in [0.717, 1.165) is 12.3 Å². The van der Waals surface area contributed by atoms with E-state index in [1.165, 1.54) is 0 Å². The monoisotopic (exact) mass is 456 g/mol. The number of H-pyrrole nitrogens is 1. The van der Waals surface area contributed by atoms with Crippen LogP contribution >= 0.6 is 0 Å². The third-order valence-electron chi connectivity index (χ3n) is 5.46. The molecule has 32 heavy (non-hydrogen) atoms. The maximum atomic E-state index is 14.7. The maximum Gasteiger partial charge on any atom is 0.341 e. The van der Waals surface area contributed by atoms with Crippen LogP contribution in [-0.4, -0.2) is 103 Å². The summed E-state index contributed by atoms with van der Waals surface area (Å²) in [5.74, 6) is -2.25. The second-order valence-electron chi connectivity index (χ2n) is 7.66. The van der Waals surface area contributed by atoms with Crippen LogP contribution in [0.15, 0.2) is 17.1 Å². The highest BCUT2D eigenvalue weighted by atomic mass is 19.1. The van der Waals surface area contributed by atoms with Gasteiger partial charge in [-0.1, -0.05) is 0 Å². The third kappa shape index (κ3) is 4.87. The fraction of sp³-hybridized carbons (Fsp3) is 0.526. The summed E-state index contributed by atoms with van der Waals surface area (Å²) < 4.78 is 14.7. The number of aromatic amines is 1. The van der Waals surface area contributed by atoms with Crippen molar-refractivity contribution in [1.29, 1.82) is 0 Å². The Bertz CT molecular complexity index is 1030. The van der Waals surface area contributed by atoms with Crippen molar-refractivity contribution in [3.63, 3.8) is 0 Å². The molecule has 0 bridgehead atoms. The van der Waals surface area contributed by atoms with Gasteiger partial charge < -0.3 is 45.8 Å². The molecule has 2 aromatic heterocycles. The molecular formula is C19H25FN4O8. The fourth-order valence-corrected chi connectivity index (χ4v) is 3.58. The second-order valence-corrected chi connectivity index (χ2v) is 7.66. The number of pyridine rings is 2. The zero-order valence-corrected chi connectivity index (χ0v) is 16.8. The maximum absolute atomic E-state index is 14.7. The predicted molar refractivity (Wildman–Crippen MR) is 109 cm³/mol. The molecular weight excluding hydrogens is 431 g/mol. The Hall–Kier alpha value is -2.68. The van der Waals surface area contributed by atoms with E-state index in [4.69, 9.17) is 10.2 Å². The van der Waals surface area contributed by atoms with Crippen LogP contribution in [0.5, 0.6) is 0 Å². The fourth-order valence-electron chi connectivity index (χ4n) is 3.58.